The second-order valence-corrected chi connectivity index (χ2v) is 12.0. The summed E-state index contributed by atoms with van der Waals surface area (Å²) in [6.07, 6.45) is -1.45. The van der Waals surface area contributed by atoms with Crippen LogP contribution >= 0.6 is 0 Å². The van der Waals surface area contributed by atoms with Gasteiger partial charge in [-0.15, -0.1) is 0 Å². The molecule has 0 aromatic heterocycles. The van der Waals surface area contributed by atoms with Crippen LogP contribution in [0.2, 0.25) is 0 Å². The number of ketones is 2. The average Bonchev–Trinajstić information content (AvgIpc) is 2.88. The van der Waals surface area contributed by atoms with Crippen LogP contribution in [-0.4, -0.2) is 124 Å². The van der Waals surface area contributed by atoms with Crippen LogP contribution in [0, 0.1) is 17.8 Å². The van der Waals surface area contributed by atoms with Crippen molar-refractivity contribution in [3.63, 3.8) is 0 Å². The Balaban J connectivity index is 1.62. The maximum absolute atomic E-state index is 14.0. The van der Waals surface area contributed by atoms with E-state index in [-0.39, 0.29) is 23.8 Å². The quantitative estimate of drug-likeness (QED) is 0.239. The monoisotopic (exact) mass is 558 g/mol. The van der Waals surface area contributed by atoms with E-state index in [1.54, 1.807) is 12.1 Å². The van der Waals surface area contributed by atoms with Crippen molar-refractivity contribution in [3.05, 3.63) is 28.8 Å². The van der Waals surface area contributed by atoms with Crippen molar-refractivity contribution in [2.75, 3.05) is 46.2 Å². The first-order valence-electron chi connectivity index (χ1n) is 13.6. The van der Waals surface area contributed by atoms with E-state index in [1.807, 2.05) is 19.0 Å². The molecule has 4 aliphatic rings. The number of rotatable bonds is 4. The molecule has 0 radical (unpaired) electrons. The lowest BCUT2D eigenvalue weighted by Gasteiger charge is -2.55. The Hall–Kier alpha value is -3.03. The summed E-state index contributed by atoms with van der Waals surface area (Å²) in [4.78, 5) is 45.2. The molecule has 1 amide bonds. The van der Waals surface area contributed by atoms with E-state index in [0.717, 1.165) is 25.9 Å². The Kier molecular flexibility index (Phi) is 6.99. The van der Waals surface area contributed by atoms with E-state index in [1.165, 1.54) is 19.0 Å². The number of Topliss-reactive ketones (excluding diaryl/α,β-unsaturated/α-hetero) is 2. The van der Waals surface area contributed by atoms with Gasteiger partial charge in [-0.2, -0.15) is 0 Å². The number of aliphatic hydroxyl groups is 4. The molecule has 1 aliphatic heterocycles. The predicted octanol–water partition coefficient (Wildman–Crippen LogP) is -1.37. The third kappa shape index (κ3) is 3.88. The Bertz CT molecular complexity index is 1290. The van der Waals surface area contributed by atoms with Crippen LogP contribution in [0.1, 0.15) is 24.0 Å². The Morgan fingerprint density at radius 1 is 1.07 bits per heavy atom. The number of piperidine rings is 1. The Labute approximate surface area is 232 Å². The normalized spacial score (nSPS) is 34.9. The lowest BCUT2D eigenvalue weighted by atomic mass is 9.53. The zero-order valence-corrected chi connectivity index (χ0v) is 23.1. The number of likely N-dealkylation sites (N-methyl/N-ethyl adjacent to an activating group) is 1. The highest BCUT2D eigenvalue weighted by Crippen LogP contribution is 2.53. The van der Waals surface area contributed by atoms with Crippen molar-refractivity contribution in [2.45, 2.75) is 49.2 Å². The van der Waals surface area contributed by atoms with Gasteiger partial charge in [-0.1, -0.05) is 6.07 Å². The standard InChI is InChI=1S/C28H38N4O8/c1-30(2)20-19-21(33)14-11-12-5-6-15(32(4)13-7-9-31(3)10-8-13)22(34)16(12)23(35)17(14)25(37)28(19,40)26(38)18(24(20)36)27(29)39/h5-6,13-14,18-21,24,33-36,40H,7-11H2,1-4H3,(H2,29,39)/t14-,18?,19-,20+,21+,24?,28+/m0/s1. The van der Waals surface area contributed by atoms with Gasteiger partial charge in [-0.25, -0.2) is 0 Å². The number of fused-ring (bicyclic) bond motifs is 3. The van der Waals surface area contributed by atoms with E-state index in [4.69, 9.17) is 5.73 Å². The van der Waals surface area contributed by atoms with Gasteiger partial charge in [0.2, 0.25) is 11.7 Å². The van der Waals surface area contributed by atoms with E-state index in [9.17, 15) is 39.9 Å². The van der Waals surface area contributed by atoms with Gasteiger partial charge < -0.3 is 46.0 Å². The second kappa shape index (κ2) is 9.81. The Morgan fingerprint density at radius 3 is 2.27 bits per heavy atom. The smallest absolute Gasteiger partial charge is 0.230 e. The van der Waals surface area contributed by atoms with Gasteiger partial charge in [-0.05, 0) is 65.1 Å². The molecule has 1 aromatic carbocycles. The number of aliphatic hydroxyl groups excluding tert-OH is 3. The third-order valence-corrected chi connectivity index (χ3v) is 9.63. The maximum Gasteiger partial charge on any atom is 0.230 e. The molecule has 12 heteroatoms. The zero-order chi connectivity index (χ0) is 29.4. The first-order chi connectivity index (χ1) is 18.7. The number of phenolic OH excluding ortho intramolecular Hbond substituents is 1. The summed E-state index contributed by atoms with van der Waals surface area (Å²) in [6, 6.07) is 2.44. The number of carbonyl (C=O) groups is 3. The fourth-order valence-electron chi connectivity index (χ4n) is 7.44. The van der Waals surface area contributed by atoms with Crippen LogP contribution in [0.5, 0.6) is 5.75 Å². The number of nitrogens with two attached hydrogens (primary N) is 1. The molecule has 5 rings (SSSR count). The van der Waals surface area contributed by atoms with Crippen LogP contribution in [0.15, 0.2) is 17.7 Å². The van der Waals surface area contributed by atoms with Gasteiger partial charge in [0.15, 0.2) is 11.4 Å². The molecule has 0 spiro atoms. The van der Waals surface area contributed by atoms with Gasteiger partial charge >= 0.3 is 0 Å². The van der Waals surface area contributed by atoms with Gasteiger partial charge in [0.1, 0.15) is 17.4 Å². The van der Waals surface area contributed by atoms with Crippen molar-refractivity contribution < 1.29 is 39.9 Å². The molecule has 12 nitrogen and oxygen atoms in total. The summed E-state index contributed by atoms with van der Waals surface area (Å²) >= 11 is 0. The van der Waals surface area contributed by atoms with Crippen LogP contribution in [0.25, 0.3) is 5.76 Å². The van der Waals surface area contributed by atoms with Gasteiger partial charge in [0, 0.05) is 36.5 Å². The lowest BCUT2D eigenvalue weighted by molar-refractivity contribution is -0.198. The molecule has 7 atom stereocenters. The highest BCUT2D eigenvalue weighted by atomic mass is 16.3. The summed E-state index contributed by atoms with van der Waals surface area (Å²) in [7, 11) is 6.95. The van der Waals surface area contributed by atoms with Crippen molar-refractivity contribution >= 4 is 28.9 Å². The molecular formula is C28H38N4O8. The molecule has 2 saturated carbocycles. The highest BCUT2D eigenvalue weighted by molar-refractivity contribution is 6.25. The van der Waals surface area contributed by atoms with Crippen LogP contribution < -0.4 is 10.6 Å². The summed E-state index contributed by atoms with van der Waals surface area (Å²) < 4.78 is 0. The van der Waals surface area contributed by atoms with Crippen molar-refractivity contribution in [1.29, 1.82) is 0 Å². The molecule has 0 bridgehead atoms. The molecule has 3 aliphatic carbocycles. The summed E-state index contributed by atoms with van der Waals surface area (Å²) in [6.45, 7) is 1.79. The largest absolute Gasteiger partial charge is 0.507 e. The highest BCUT2D eigenvalue weighted by Gasteiger charge is 2.70. The number of aromatic hydroxyl groups is 1. The minimum atomic E-state index is -2.93. The molecule has 1 heterocycles. The summed E-state index contributed by atoms with van der Waals surface area (Å²) in [5.74, 6) is -9.01. The molecule has 1 aromatic rings. The minimum Gasteiger partial charge on any atom is -0.507 e. The number of phenols is 1. The fraction of sp³-hybridized carbons (Fsp3) is 0.607. The van der Waals surface area contributed by atoms with Crippen LogP contribution in [-0.2, 0) is 20.8 Å². The molecule has 2 unspecified atom stereocenters. The number of hydrogen-bond donors (Lipinski definition) is 6. The van der Waals surface area contributed by atoms with Crippen LogP contribution in [0.3, 0.4) is 0 Å². The Morgan fingerprint density at radius 2 is 1.70 bits per heavy atom. The van der Waals surface area contributed by atoms with Crippen molar-refractivity contribution in [2.24, 2.45) is 23.5 Å². The number of likely N-dealkylation sites (tertiary alicyclic amines) is 1. The van der Waals surface area contributed by atoms with Crippen molar-refractivity contribution in [1.82, 2.24) is 9.80 Å². The number of primary amides is 1. The SMILES string of the molecule is CN1CCC(N(C)c2ccc3c(c2O)C(O)=C2C(=O)[C@@]4(O)C(=O)C(C(N)=O)C(O)[C@H](N(C)C)[C@H]4[C@H](O)[C@H]2C3)CC1. The van der Waals surface area contributed by atoms with E-state index >= 15 is 0 Å². The van der Waals surface area contributed by atoms with Gasteiger partial charge in [0.25, 0.3) is 0 Å². The predicted molar refractivity (Wildman–Crippen MR) is 144 cm³/mol. The van der Waals surface area contributed by atoms with Gasteiger partial charge in [0.05, 0.1) is 23.5 Å². The van der Waals surface area contributed by atoms with E-state index in [0.29, 0.717) is 11.3 Å². The fourth-order valence-corrected chi connectivity index (χ4v) is 7.44. The second-order valence-electron chi connectivity index (χ2n) is 12.0. The molecule has 1 saturated heterocycles. The average molecular weight is 559 g/mol. The zero-order valence-electron chi connectivity index (χ0n) is 23.1. The number of nitrogens with zero attached hydrogens (tertiary/aromatic N) is 3. The maximum atomic E-state index is 14.0. The number of benzene rings is 1. The lowest BCUT2D eigenvalue weighted by Crippen LogP contribution is -2.76. The third-order valence-electron chi connectivity index (χ3n) is 9.63. The number of carbonyl (C=O) groups excluding carboxylic acids is 3. The molecular weight excluding hydrogens is 520 g/mol. The van der Waals surface area contributed by atoms with Crippen molar-refractivity contribution in [3.8, 4) is 5.75 Å². The van der Waals surface area contributed by atoms with Crippen LogP contribution in [0.4, 0.5) is 5.69 Å². The molecule has 40 heavy (non-hydrogen) atoms. The number of anilines is 1. The first kappa shape index (κ1) is 28.5. The van der Waals surface area contributed by atoms with E-state index < -0.39 is 70.4 Å². The molecule has 3 fully saturated rings. The van der Waals surface area contributed by atoms with Gasteiger partial charge in [-0.3, -0.25) is 14.4 Å². The summed E-state index contributed by atoms with van der Waals surface area (Å²) in [5, 5.41) is 57.1. The topological polar surface area (TPSA) is 188 Å². The summed E-state index contributed by atoms with van der Waals surface area (Å²) in [5.41, 5.74) is 3.03. The van der Waals surface area contributed by atoms with E-state index in [2.05, 4.69) is 4.90 Å². The first-order valence-corrected chi connectivity index (χ1v) is 13.6. The number of amides is 1. The number of hydrogen-bond acceptors (Lipinski definition) is 11. The minimum absolute atomic E-state index is 0.00466. The molecule has 218 valence electrons. The molecule has 7 N–H and O–H groups in total.